The standard InChI is InChI=1S/C26H25N5/c1-17-15-18(2)30(28-17)26-23(16-21-11-7-5-8-12-21)19(3)27-25-24(20(4)29-31(25)26)22-13-9-6-10-14-22/h5-15H,16H2,1-4H3. The Morgan fingerprint density at radius 3 is 2.10 bits per heavy atom. The Hall–Kier alpha value is -3.73. The Morgan fingerprint density at radius 1 is 0.774 bits per heavy atom. The van der Waals surface area contributed by atoms with E-state index in [1.807, 2.05) is 35.2 Å². The Bertz CT molecular complexity index is 1380. The van der Waals surface area contributed by atoms with Gasteiger partial charge in [-0.1, -0.05) is 60.7 Å². The highest BCUT2D eigenvalue weighted by molar-refractivity contribution is 5.80. The number of aryl methyl sites for hydroxylation is 4. The van der Waals surface area contributed by atoms with Crippen LogP contribution in [0.25, 0.3) is 22.6 Å². The minimum absolute atomic E-state index is 0.767. The molecule has 5 aromatic rings. The normalized spacial score (nSPS) is 11.4. The van der Waals surface area contributed by atoms with Gasteiger partial charge in [0.25, 0.3) is 0 Å². The molecule has 0 aliphatic carbocycles. The minimum atomic E-state index is 0.767. The van der Waals surface area contributed by atoms with Crippen molar-refractivity contribution < 1.29 is 0 Å². The molecule has 0 N–H and O–H groups in total. The van der Waals surface area contributed by atoms with Gasteiger partial charge < -0.3 is 0 Å². The predicted octanol–water partition coefficient (Wildman–Crippen LogP) is 5.41. The molecule has 0 saturated heterocycles. The number of benzene rings is 2. The number of fused-ring (bicyclic) bond motifs is 1. The van der Waals surface area contributed by atoms with E-state index in [9.17, 15) is 0 Å². The van der Waals surface area contributed by atoms with E-state index in [0.717, 1.165) is 57.4 Å². The molecule has 0 aliphatic heterocycles. The van der Waals surface area contributed by atoms with Crippen molar-refractivity contribution in [2.45, 2.75) is 34.1 Å². The Balaban J connectivity index is 1.84. The molecule has 3 heterocycles. The molecule has 0 radical (unpaired) electrons. The number of aromatic nitrogens is 5. The molecule has 0 saturated carbocycles. The first-order chi connectivity index (χ1) is 15.0. The van der Waals surface area contributed by atoms with Gasteiger partial charge in [-0.3, -0.25) is 0 Å². The van der Waals surface area contributed by atoms with E-state index in [4.69, 9.17) is 15.2 Å². The van der Waals surface area contributed by atoms with Crippen LogP contribution >= 0.6 is 0 Å². The average molecular weight is 408 g/mol. The van der Waals surface area contributed by atoms with Gasteiger partial charge in [0, 0.05) is 28.9 Å². The van der Waals surface area contributed by atoms with Crippen LogP contribution in [0.1, 0.15) is 33.9 Å². The molecule has 5 rings (SSSR count). The van der Waals surface area contributed by atoms with Crippen molar-refractivity contribution >= 4 is 5.65 Å². The number of nitrogens with zero attached hydrogens (tertiary/aromatic N) is 5. The Morgan fingerprint density at radius 2 is 1.45 bits per heavy atom. The smallest absolute Gasteiger partial charge is 0.165 e. The number of rotatable bonds is 4. The molecule has 0 bridgehead atoms. The SMILES string of the molecule is Cc1cc(C)n(-c2c(Cc3ccccc3)c(C)nc3c(-c4ccccc4)c(C)nn23)n1. The fourth-order valence-corrected chi connectivity index (χ4v) is 4.29. The van der Waals surface area contributed by atoms with Crippen molar-refractivity contribution in [1.82, 2.24) is 24.4 Å². The maximum atomic E-state index is 5.05. The second-order valence-electron chi connectivity index (χ2n) is 8.06. The van der Waals surface area contributed by atoms with Crippen LogP contribution in [-0.2, 0) is 6.42 Å². The van der Waals surface area contributed by atoms with Crippen molar-refractivity contribution in [2.24, 2.45) is 0 Å². The first kappa shape index (κ1) is 19.2. The lowest BCUT2D eigenvalue weighted by atomic mass is 10.0. The molecule has 5 heteroatoms. The summed E-state index contributed by atoms with van der Waals surface area (Å²) in [5.74, 6) is 0.960. The topological polar surface area (TPSA) is 48.0 Å². The van der Waals surface area contributed by atoms with Gasteiger partial charge in [0.1, 0.15) is 0 Å². The second kappa shape index (κ2) is 7.51. The van der Waals surface area contributed by atoms with Crippen LogP contribution in [0.5, 0.6) is 0 Å². The lowest BCUT2D eigenvalue weighted by Crippen LogP contribution is -2.14. The van der Waals surface area contributed by atoms with Crippen molar-refractivity contribution in [2.75, 3.05) is 0 Å². The summed E-state index contributed by atoms with van der Waals surface area (Å²) >= 11 is 0. The van der Waals surface area contributed by atoms with Gasteiger partial charge in [-0.25, -0.2) is 9.67 Å². The Kier molecular flexibility index (Phi) is 4.66. The minimum Gasteiger partial charge on any atom is -0.233 e. The van der Waals surface area contributed by atoms with Crippen LogP contribution in [0.15, 0.2) is 66.7 Å². The van der Waals surface area contributed by atoms with Crippen LogP contribution in [0.3, 0.4) is 0 Å². The third kappa shape index (κ3) is 3.32. The van der Waals surface area contributed by atoms with E-state index in [1.165, 1.54) is 5.56 Å². The largest absolute Gasteiger partial charge is 0.233 e. The van der Waals surface area contributed by atoms with Gasteiger partial charge in [-0.05, 0) is 44.9 Å². The number of hydrogen-bond acceptors (Lipinski definition) is 3. The first-order valence-electron chi connectivity index (χ1n) is 10.5. The van der Waals surface area contributed by atoms with E-state index in [2.05, 4.69) is 68.4 Å². The van der Waals surface area contributed by atoms with Gasteiger partial charge in [0.2, 0.25) is 0 Å². The van der Waals surface area contributed by atoms with Gasteiger partial charge >= 0.3 is 0 Å². The lowest BCUT2D eigenvalue weighted by molar-refractivity contribution is 0.734. The second-order valence-corrected chi connectivity index (χ2v) is 8.06. The molecule has 0 spiro atoms. The molecule has 0 fully saturated rings. The van der Waals surface area contributed by atoms with Gasteiger partial charge in [-0.15, -0.1) is 0 Å². The lowest BCUT2D eigenvalue weighted by Gasteiger charge is -2.16. The molecule has 0 amide bonds. The molecular formula is C26H25N5. The van der Waals surface area contributed by atoms with Crippen LogP contribution in [0.4, 0.5) is 0 Å². The highest BCUT2D eigenvalue weighted by Gasteiger charge is 2.22. The zero-order chi connectivity index (χ0) is 21.5. The summed E-state index contributed by atoms with van der Waals surface area (Å²) in [6.07, 6.45) is 0.767. The van der Waals surface area contributed by atoms with Crippen molar-refractivity contribution in [3.63, 3.8) is 0 Å². The summed E-state index contributed by atoms with van der Waals surface area (Å²) in [4.78, 5) is 5.05. The monoisotopic (exact) mass is 407 g/mol. The van der Waals surface area contributed by atoms with E-state index < -0.39 is 0 Å². The molecule has 154 valence electrons. The third-order valence-electron chi connectivity index (χ3n) is 5.71. The first-order valence-corrected chi connectivity index (χ1v) is 10.5. The summed E-state index contributed by atoms with van der Waals surface area (Å²) in [7, 11) is 0. The molecule has 5 nitrogen and oxygen atoms in total. The van der Waals surface area contributed by atoms with Crippen molar-refractivity contribution in [3.05, 3.63) is 101 Å². The molecule has 3 aromatic heterocycles. The average Bonchev–Trinajstić information content (AvgIpc) is 3.27. The van der Waals surface area contributed by atoms with Gasteiger partial charge in [-0.2, -0.15) is 14.7 Å². The highest BCUT2D eigenvalue weighted by atomic mass is 15.4. The maximum Gasteiger partial charge on any atom is 0.165 e. The summed E-state index contributed by atoms with van der Waals surface area (Å²) in [5.41, 5.74) is 9.43. The van der Waals surface area contributed by atoms with E-state index in [0.29, 0.717) is 0 Å². The fourth-order valence-electron chi connectivity index (χ4n) is 4.29. The highest BCUT2D eigenvalue weighted by Crippen LogP contribution is 2.31. The quantitative estimate of drug-likeness (QED) is 0.400. The van der Waals surface area contributed by atoms with Crippen LogP contribution in [-0.4, -0.2) is 24.4 Å². The van der Waals surface area contributed by atoms with E-state index in [1.54, 1.807) is 0 Å². The summed E-state index contributed by atoms with van der Waals surface area (Å²) in [6, 6.07) is 23.0. The summed E-state index contributed by atoms with van der Waals surface area (Å²) < 4.78 is 3.98. The van der Waals surface area contributed by atoms with E-state index >= 15 is 0 Å². The molecule has 31 heavy (non-hydrogen) atoms. The fraction of sp³-hybridized carbons (Fsp3) is 0.192. The zero-order valence-electron chi connectivity index (χ0n) is 18.3. The maximum absolute atomic E-state index is 5.05. The van der Waals surface area contributed by atoms with Crippen molar-refractivity contribution in [3.8, 4) is 16.9 Å². The molecular weight excluding hydrogens is 382 g/mol. The summed E-state index contributed by atoms with van der Waals surface area (Å²) in [5, 5.41) is 9.77. The van der Waals surface area contributed by atoms with Crippen LogP contribution < -0.4 is 0 Å². The Labute approximate surface area is 182 Å². The van der Waals surface area contributed by atoms with Gasteiger partial charge in [0.15, 0.2) is 11.5 Å². The van der Waals surface area contributed by atoms with Crippen LogP contribution in [0.2, 0.25) is 0 Å². The zero-order valence-corrected chi connectivity index (χ0v) is 18.3. The molecule has 2 aromatic carbocycles. The third-order valence-corrected chi connectivity index (χ3v) is 5.71. The van der Waals surface area contributed by atoms with Gasteiger partial charge in [0.05, 0.1) is 11.4 Å². The summed E-state index contributed by atoms with van der Waals surface area (Å²) in [6.45, 7) is 8.25. The molecule has 0 atom stereocenters. The molecule has 0 unspecified atom stereocenters. The van der Waals surface area contributed by atoms with Crippen LogP contribution in [0, 0.1) is 27.7 Å². The predicted molar refractivity (Wildman–Crippen MR) is 124 cm³/mol. The number of hydrogen-bond donors (Lipinski definition) is 0. The molecule has 0 aliphatic rings. The van der Waals surface area contributed by atoms with Crippen molar-refractivity contribution in [1.29, 1.82) is 0 Å². The van der Waals surface area contributed by atoms with E-state index in [-0.39, 0.29) is 0 Å².